The molecule has 2 aliphatic heterocycles. The highest BCUT2D eigenvalue weighted by atomic mass is 32.1. The monoisotopic (exact) mass is 962 g/mol. The summed E-state index contributed by atoms with van der Waals surface area (Å²) < 4.78 is 23.4. The van der Waals surface area contributed by atoms with Crippen molar-refractivity contribution in [3.63, 3.8) is 0 Å². The molecule has 19 nitrogen and oxygen atoms in total. The molecule has 6 aromatic rings. The van der Waals surface area contributed by atoms with Crippen LogP contribution in [0.4, 0.5) is 0 Å². The fraction of sp³-hybridized carbons (Fsp3) is 0.449. The van der Waals surface area contributed by atoms with E-state index in [4.69, 9.17) is 18.7 Å². The van der Waals surface area contributed by atoms with Gasteiger partial charge in [0.2, 0.25) is 29.5 Å². The minimum absolute atomic E-state index is 0.000309. The van der Waals surface area contributed by atoms with Gasteiger partial charge in [-0.1, -0.05) is 62.3 Å². The molecule has 8 rings (SSSR count). The molecule has 20 heteroatoms. The molecule has 69 heavy (non-hydrogen) atoms. The molecule has 0 spiro atoms. The summed E-state index contributed by atoms with van der Waals surface area (Å²) in [5.41, 5.74) is 6.33. The Bertz CT molecular complexity index is 2690. The fourth-order valence-electron chi connectivity index (χ4n) is 8.52. The maximum Gasteiger partial charge on any atom is 0.246 e. The van der Waals surface area contributed by atoms with Gasteiger partial charge >= 0.3 is 0 Å². The number of aliphatic hydroxyl groups excluding tert-OH is 1. The second kappa shape index (κ2) is 22.2. The first kappa shape index (κ1) is 48.8. The number of thiazole rings is 1. The highest BCUT2D eigenvalue weighted by Crippen LogP contribution is 2.34. The molecule has 0 bridgehead atoms. The first-order valence-corrected chi connectivity index (χ1v) is 24.1. The van der Waals surface area contributed by atoms with Crippen molar-refractivity contribution in [2.75, 3.05) is 46.1 Å². The topological polar surface area (TPSA) is 240 Å². The second-order valence-electron chi connectivity index (χ2n) is 18.4. The zero-order valence-corrected chi connectivity index (χ0v) is 40.0. The standard InChI is InChI=1S/C49H58N10O9S/c1-30-44(69-29-51-30)32-10-8-31(9-11-32)27-50-47(63)40-26-35(60)28-59(40)48(64)45(49(2,3)4)52-41(61)16-20-65-22-23-66-21-17-42(62)58-18-14-36(15-19-58)67-37-7-5-6-33(24-37)43-38-25-34(46-53-56-57-54-46)12-13-39(38)55-68-43/h5-13,24-25,29,35-36,40,45,60H,14-23,26-28H2,1-4H3,(H,50,63)(H,52,61)(H,53,54,56,57)/t35-,40-,45+/m0/s1. The molecule has 3 aromatic carbocycles. The van der Waals surface area contributed by atoms with Crippen LogP contribution >= 0.6 is 11.3 Å². The van der Waals surface area contributed by atoms with Gasteiger partial charge in [0.05, 0.1) is 60.4 Å². The minimum Gasteiger partial charge on any atom is -0.490 e. The van der Waals surface area contributed by atoms with Gasteiger partial charge < -0.3 is 44.3 Å². The lowest BCUT2D eigenvalue weighted by atomic mass is 9.85. The van der Waals surface area contributed by atoms with E-state index in [0.717, 1.165) is 38.2 Å². The summed E-state index contributed by atoms with van der Waals surface area (Å²) >= 11 is 1.57. The predicted molar refractivity (Wildman–Crippen MR) is 255 cm³/mol. The van der Waals surface area contributed by atoms with E-state index in [-0.39, 0.29) is 82.6 Å². The quantitative estimate of drug-likeness (QED) is 0.0773. The third-order valence-electron chi connectivity index (χ3n) is 12.3. The van der Waals surface area contributed by atoms with Crippen LogP contribution in [0.1, 0.15) is 64.1 Å². The van der Waals surface area contributed by atoms with Crippen LogP contribution in [0.5, 0.6) is 5.75 Å². The predicted octanol–water partition coefficient (Wildman–Crippen LogP) is 5.10. The maximum absolute atomic E-state index is 14.0. The SMILES string of the molecule is Cc1ncsc1-c1ccc(CNC(=O)[C@@H]2C[C@H](O)CN2C(=O)[C@@H](NC(=O)CCOCCOCCC(=O)N2CCC(Oc3cccc(-c4onc5ccc(-c6nn[nH]n6)cc45)c3)CC2)C(C)(C)C)cc1. The Morgan fingerprint density at radius 2 is 1.70 bits per heavy atom. The van der Waals surface area contributed by atoms with Gasteiger partial charge in [-0.3, -0.25) is 19.2 Å². The zero-order valence-electron chi connectivity index (χ0n) is 39.2. The number of hydrogen-bond donors (Lipinski definition) is 4. The number of ether oxygens (including phenoxy) is 3. The van der Waals surface area contributed by atoms with Gasteiger partial charge in [-0.2, -0.15) is 5.21 Å². The van der Waals surface area contributed by atoms with E-state index in [9.17, 15) is 24.3 Å². The number of β-amino-alcohol motifs (C(OH)–C–C–N with tert-alkyl or cyclic N) is 1. The molecule has 364 valence electrons. The average molecular weight is 963 g/mol. The average Bonchev–Trinajstić information content (AvgIpc) is 4.19. The highest BCUT2D eigenvalue weighted by Gasteiger charge is 2.44. The van der Waals surface area contributed by atoms with Gasteiger partial charge in [0, 0.05) is 63.0 Å². The Labute approximate surface area is 403 Å². The number of likely N-dealkylation sites (tertiary alicyclic amines) is 2. The van der Waals surface area contributed by atoms with Gasteiger partial charge in [-0.05, 0) is 59.0 Å². The summed E-state index contributed by atoms with van der Waals surface area (Å²) in [6.07, 6.45) is 0.777. The number of aromatic amines is 1. The molecule has 2 aliphatic rings. The Balaban J connectivity index is 0.707. The van der Waals surface area contributed by atoms with Crippen molar-refractivity contribution < 1.29 is 43.0 Å². The summed E-state index contributed by atoms with van der Waals surface area (Å²) in [6, 6.07) is 19.3. The molecular formula is C49H58N10O9S. The maximum atomic E-state index is 14.0. The Kier molecular flexibility index (Phi) is 15.7. The molecule has 0 saturated carbocycles. The smallest absolute Gasteiger partial charge is 0.246 e. The number of aliphatic hydroxyl groups is 1. The molecule has 3 atom stereocenters. The molecule has 5 heterocycles. The summed E-state index contributed by atoms with van der Waals surface area (Å²) in [5, 5.41) is 35.6. The lowest BCUT2D eigenvalue weighted by molar-refractivity contribution is -0.144. The summed E-state index contributed by atoms with van der Waals surface area (Å²) in [7, 11) is 0. The largest absolute Gasteiger partial charge is 0.490 e. The molecule has 4 N–H and O–H groups in total. The van der Waals surface area contributed by atoms with Crippen molar-refractivity contribution in [1.82, 2.24) is 51.2 Å². The van der Waals surface area contributed by atoms with Gasteiger partial charge in [0.1, 0.15) is 29.5 Å². The number of nitrogens with one attached hydrogen (secondary N) is 3. The van der Waals surface area contributed by atoms with Gasteiger partial charge in [-0.25, -0.2) is 4.98 Å². The van der Waals surface area contributed by atoms with E-state index in [2.05, 4.69) is 41.4 Å². The lowest BCUT2D eigenvalue weighted by Crippen LogP contribution is -2.57. The van der Waals surface area contributed by atoms with Crippen LogP contribution in [0.25, 0.3) is 44.1 Å². The van der Waals surface area contributed by atoms with Crippen molar-refractivity contribution in [2.24, 2.45) is 5.41 Å². The molecule has 0 unspecified atom stereocenters. The van der Waals surface area contributed by atoms with E-state index in [1.807, 2.05) is 105 Å². The molecule has 3 aromatic heterocycles. The van der Waals surface area contributed by atoms with Crippen LogP contribution in [-0.4, -0.2) is 140 Å². The van der Waals surface area contributed by atoms with Crippen LogP contribution in [0.2, 0.25) is 0 Å². The van der Waals surface area contributed by atoms with Crippen LogP contribution in [0.3, 0.4) is 0 Å². The second-order valence-corrected chi connectivity index (χ2v) is 19.2. The number of rotatable bonds is 19. The van der Waals surface area contributed by atoms with Gasteiger partial charge in [-0.15, -0.1) is 21.5 Å². The molecule has 0 aliphatic carbocycles. The van der Waals surface area contributed by atoms with Gasteiger partial charge in [0.15, 0.2) is 5.76 Å². The number of piperidine rings is 1. The van der Waals surface area contributed by atoms with Crippen molar-refractivity contribution in [2.45, 2.75) is 90.6 Å². The first-order valence-electron chi connectivity index (χ1n) is 23.2. The number of benzene rings is 3. The molecule has 4 amide bonds. The van der Waals surface area contributed by atoms with Crippen LogP contribution in [0.15, 0.2) is 76.8 Å². The van der Waals surface area contributed by atoms with E-state index in [1.165, 1.54) is 4.90 Å². The van der Waals surface area contributed by atoms with E-state index in [0.29, 0.717) is 48.8 Å². The number of amides is 4. The Morgan fingerprint density at radius 3 is 2.41 bits per heavy atom. The number of hydrogen-bond acceptors (Lipinski definition) is 15. The van der Waals surface area contributed by atoms with Crippen molar-refractivity contribution >= 4 is 45.9 Å². The summed E-state index contributed by atoms with van der Waals surface area (Å²) in [5.74, 6) is 0.599. The third-order valence-corrected chi connectivity index (χ3v) is 13.3. The Hall–Kier alpha value is -6.61. The highest BCUT2D eigenvalue weighted by molar-refractivity contribution is 7.13. The van der Waals surface area contributed by atoms with Crippen molar-refractivity contribution in [1.29, 1.82) is 0 Å². The first-order chi connectivity index (χ1) is 33.3. The molecule has 0 radical (unpaired) electrons. The molecule has 2 saturated heterocycles. The number of fused-ring (bicyclic) bond motifs is 1. The van der Waals surface area contributed by atoms with Crippen molar-refractivity contribution in [3.8, 4) is 38.9 Å². The van der Waals surface area contributed by atoms with E-state index in [1.54, 1.807) is 11.3 Å². The van der Waals surface area contributed by atoms with E-state index < -0.39 is 29.5 Å². The number of tetrazole rings is 1. The summed E-state index contributed by atoms with van der Waals surface area (Å²) in [6.45, 7) is 9.66. The van der Waals surface area contributed by atoms with Gasteiger partial charge in [0.25, 0.3) is 0 Å². The fourth-order valence-corrected chi connectivity index (χ4v) is 9.33. The number of carbonyl (C=O) groups excluding carboxylic acids is 4. The van der Waals surface area contributed by atoms with Crippen LogP contribution in [-0.2, 0) is 35.2 Å². The van der Waals surface area contributed by atoms with Crippen molar-refractivity contribution in [3.05, 3.63) is 83.5 Å². The normalized spacial score (nSPS) is 17.0. The third kappa shape index (κ3) is 12.4. The van der Waals surface area contributed by atoms with Crippen LogP contribution in [0, 0.1) is 12.3 Å². The number of carbonyl (C=O) groups is 4. The minimum atomic E-state index is -0.947. The Morgan fingerprint density at radius 1 is 0.942 bits per heavy atom. The van der Waals surface area contributed by atoms with E-state index >= 15 is 0 Å². The number of aryl methyl sites for hydroxylation is 1. The number of H-pyrrole nitrogens is 1. The summed E-state index contributed by atoms with van der Waals surface area (Å²) in [4.78, 5) is 62.1. The number of aromatic nitrogens is 6. The molecular weight excluding hydrogens is 905 g/mol. The number of nitrogens with zero attached hydrogens (tertiary/aromatic N) is 7. The lowest BCUT2D eigenvalue weighted by Gasteiger charge is -2.35. The molecule has 2 fully saturated rings. The van der Waals surface area contributed by atoms with Crippen LogP contribution < -0.4 is 15.4 Å². The zero-order chi connectivity index (χ0) is 48.5.